The largest absolute Gasteiger partial charge is 0.365 e. The summed E-state index contributed by atoms with van der Waals surface area (Å²) in [5.41, 5.74) is 1.70. The van der Waals surface area contributed by atoms with Gasteiger partial charge in [0.2, 0.25) is 0 Å². The standard InChI is InChI=1S/C16H16N6O2/c23-15-10(8-18-16(24)19-15)11-7-13(14-17-4-6-22(14)20-11)21-5-3-9-1-2-12(9)21/h4,6-9,12H,1-3,5H2,(H2,18,19,23,24). The van der Waals surface area contributed by atoms with Crippen molar-refractivity contribution in [2.24, 2.45) is 5.92 Å². The molecule has 2 aliphatic rings. The fourth-order valence-corrected chi connectivity index (χ4v) is 3.91. The lowest BCUT2D eigenvalue weighted by Crippen LogP contribution is -2.39. The van der Waals surface area contributed by atoms with Crippen molar-refractivity contribution in [2.45, 2.75) is 25.3 Å². The lowest BCUT2D eigenvalue weighted by Gasteiger charge is -2.37. The van der Waals surface area contributed by atoms with E-state index in [1.54, 1.807) is 16.9 Å². The summed E-state index contributed by atoms with van der Waals surface area (Å²) >= 11 is 0. The quantitative estimate of drug-likeness (QED) is 0.725. The third-order valence-electron chi connectivity index (χ3n) is 5.26. The van der Waals surface area contributed by atoms with Crippen molar-refractivity contribution < 1.29 is 0 Å². The molecule has 0 radical (unpaired) electrons. The summed E-state index contributed by atoms with van der Waals surface area (Å²) in [5, 5.41) is 4.48. The smallest absolute Gasteiger partial charge is 0.325 e. The van der Waals surface area contributed by atoms with Gasteiger partial charge in [0.1, 0.15) is 5.69 Å². The van der Waals surface area contributed by atoms with Crippen LogP contribution in [0.3, 0.4) is 0 Å². The molecule has 3 aromatic heterocycles. The van der Waals surface area contributed by atoms with Crippen molar-refractivity contribution in [3.8, 4) is 11.3 Å². The van der Waals surface area contributed by atoms with Crippen LogP contribution in [0.25, 0.3) is 16.9 Å². The highest BCUT2D eigenvalue weighted by molar-refractivity contribution is 5.75. The van der Waals surface area contributed by atoms with Crippen LogP contribution < -0.4 is 16.1 Å². The number of aromatic nitrogens is 5. The van der Waals surface area contributed by atoms with Crippen LogP contribution in [0.5, 0.6) is 0 Å². The number of aromatic amines is 2. The molecular weight excluding hydrogens is 308 g/mol. The first-order chi connectivity index (χ1) is 11.7. The van der Waals surface area contributed by atoms with Gasteiger partial charge >= 0.3 is 5.69 Å². The third kappa shape index (κ3) is 1.85. The molecule has 2 N–H and O–H groups in total. The Morgan fingerprint density at radius 3 is 2.88 bits per heavy atom. The number of fused-ring (bicyclic) bond motifs is 2. The second-order valence-electron chi connectivity index (χ2n) is 6.48. The van der Waals surface area contributed by atoms with E-state index >= 15 is 0 Å². The third-order valence-corrected chi connectivity index (χ3v) is 5.26. The van der Waals surface area contributed by atoms with Crippen LogP contribution in [0.15, 0.2) is 34.2 Å². The summed E-state index contributed by atoms with van der Waals surface area (Å²) in [6.45, 7) is 1.00. The van der Waals surface area contributed by atoms with Crippen LogP contribution in [0.1, 0.15) is 19.3 Å². The molecule has 8 heteroatoms. The lowest BCUT2D eigenvalue weighted by molar-refractivity contribution is 0.295. The lowest BCUT2D eigenvalue weighted by atomic mass is 9.80. The minimum atomic E-state index is -0.524. The van der Waals surface area contributed by atoms with E-state index in [0.29, 0.717) is 17.3 Å². The first-order valence-electron chi connectivity index (χ1n) is 8.14. The summed E-state index contributed by atoms with van der Waals surface area (Å²) in [5.74, 6) is 0.771. The summed E-state index contributed by atoms with van der Waals surface area (Å²) < 4.78 is 1.70. The maximum atomic E-state index is 12.1. The predicted molar refractivity (Wildman–Crippen MR) is 88.1 cm³/mol. The molecule has 1 aliphatic heterocycles. The Bertz CT molecular complexity index is 1050. The number of nitrogens with zero attached hydrogens (tertiary/aromatic N) is 4. The molecule has 8 nitrogen and oxygen atoms in total. The molecule has 0 spiro atoms. The Morgan fingerprint density at radius 1 is 1.21 bits per heavy atom. The van der Waals surface area contributed by atoms with E-state index in [-0.39, 0.29) is 0 Å². The summed E-state index contributed by atoms with van der Waals surface area (Å²) in [4.78, 5) is 35.0. The fraction of sp³-hybridized carbons (Fsp3) is 0.375. The number of hydrogen-bond acceptors (Lipinski definition) is 5. The van der Waals surface area contributed by atoms with E-state index in [0.717, 1.165) is 23.8 Å². The van der Waals surface area contributed by atoms with Crippen LogP contribution in [0.2, 0.25) is 0 Å². The van der Waals surface area contributed by atoms with Gasteiger partial charge in [0.15, 0.2) is 5.65 Å². The molecule has 0 amide bonds. The van der Waals surface area contributed by atoms with Gasteiger partial charge in [0.25, 0.3) is 5.56 Å². The maximum absolute atomic E-state index is 12.1. The van der Waals surface area contributed by atoms with Gasteiger partial charge in [-0.1, -0.05) is 0 Å². The van der Waals surface area contributed by atoms with Gasteiger partial charge in [-0.15, -0.1) is 0 Å². The molecule has 0 bridgehead atoms. The molecule has 1 aliphatic carbocycles. The Kier molecular flexibility index (Phi) is 2.70. The van der Waals surface area contributed by atoms with E-state index < -0.39 is 11.2 Å². The zero-order chi connectivity index (χ0) is 16.3. The van der Waals surface area contributed by atoms with Crippen molar-refractivity contribution in [1.29, 1.82) is 0 Å². The van der Waals surface area contributed by atoms with Gasteiger partial charge in [-0.05, 0) is 31.2 Å². The van der Waals surface area contributed by atoms with E-state index in [4.69, 9.17) is 0 Å². The monoisotopic (exact) mass is 324 g/mol. The van der Waals surface area contributed by atoms with E-state index in [9.17, 15) is 9.59 Å². The molecule has 24 heavy (non-hydrogen) atoms. The maximum Gasteiger partial charge on any atom is 0.325 e. The zero-order valence-corrected chi connectivity index (χ0v) is 12.9. The molecule has 2 atom stereocenters. The van der Waals surface area contributed by atoms with Crippen LogP contribution in [-0.4, -0.2) is 37.2 Å². The topological polar surface area (TPSA) is 99.2 Å². The van der Waals surface area contributed by atoms with Gasteiger partial charge in [-0.25, -0.2) is 14.3 Å². The van der Waals surface area contributed by atoms with Gasteiger partial charge in [0.05, 0.1) is 11.3 Å². The summed E-state index contributed by atoms with van der Waals surface area (Å²) in [6.07, 6.45) is 8.59. The highest BCUT2D eigenvalue weighted by atomic mass is 16.2. The van der Waals surface area contributed by atoms with Gasteiger partial charge in [-0.3, -0.25) is 9.78 Å². The molecule has 2 unspecified atom stereocenters. The van der Waals surface area contributed by atoms with E-state index in [1.807, 2.05) is 6.07 Å². The molecule has 4 heterocycles. The molecular formula is C16H16N6O2. The second kappa shape index (κ2) is 4.80. The minimum Gasteiger partial charge on any atom is -0.365 e. The van der Waals surface area contributed by atoms with Crippen molar-refractivity contribution in [3.05, 3.63) is 45.5 Å². The van der Waals surface area contributed by atoms with Crippen molar-refractivity contribution in [3.63, 3.8) is 0 Å². The number of H-pyrrole nitrogens is 2. The highest BCUT2D eigenvalue weighted by Gasteiger charge is 2.41. The molecule has 1 saturated carbocycles. The number of rotatable bonds is 2. The molecule has 3 aromatic rings. The van der Waals surface area contributed by atoms with Crippen molar-refractivity contribution in [2.75, 3.05) is 11.4 Å². The van der Waals surface area contributed by atoms with Gasteiger partial charge < -0.3 is 9.88 Å². The first kappa shape index (κ1) is 13.5. The van der Waals surface area contributed by atoms with Crippen LogP contribution in [0.4, 0.5) is 5.69 Å². The molecule has 0 aromatic carbocycles. The number of hydrogen-bond donors (Lipinski definition) is 2. The average molecular weight is 324 g/mol. The molecule has 2 fully saturated rings. The number of anilines is 1. The van der Waals surface area contributed by atoms with Crippen molar-refractivity contribution in [1.82, 2.24) is 24.6 Å². The first-order valence-corrected chi connectivity index (χ1v) is 8.14. The number of imidazole rings is 1. The van der Waals surface area contributed by atoms with Gasteiger partial charge in [0, 0.05) is 31.2 Å². The Hall–Kier alpha value is -2.90. The van der Waals surface area contributed by atoms with Crippen LogP contribution in [-0.2, 0) is 0 Å². The highest BCUT2D eigenvalue weighted by Crippen LogP contribution is 2.43. The minimum absolute atomic E-state index is 0.343. The summed E-state index contributed by atoms with van der Waals surface area (Å²) in [7, 11) is 0. The van der Waals surface area contributed by atoms with Crippen LogP contribution in [0, 0.1) is 5.92 Å². The van der Waals surface area contributed by atoms with E-state index in [1.165, 1.54) is 25.5 Å². The van der Waals surface area contributed by atoms with E-state index in [2.05, 4.69) is 25.0 Å². The summed E-state index contributed by atoms with van der Waals surface area (Å²) in [6, 6.07) is 2.47. The normalized spacial score (nSPS) is 22.6. The fourth-order valence-electron chi connectivity index (χ4n) is 3.91. The van der Waals surface area contributed by atoms with Crippen molar-refractivity contribution >= 4 is 11.3 Å². The second-order valence-corrected chi connectivity index (χ2v) is 6.48. The SMILES string of the molecule is O=c1[nH]cc(-c2cc(N3CCC4CCC43)c3nccn3n2)c(=O)[nH]1. The van der Waals surface area contributed by atoms with Gasteiger partial charge in [-0.2, -0.15) is 5.10 Å². The predicted octanol–water partition coefficient (Wildman–Crippen LogP) is 0.762. The Labute approximate surface area is 136 Å². The number of nitrogens with one attached hydrogen (secondary N) is 2. The zero-order valence-electron chi connectivity index (χ0n) is 12.9. The molecule has 1 saturated heterocycles. The Morgan fingerprint density at radius 2 is 2.12 bits per heavy atom. The average Bonchev–Trinajstić information content (AvgIpc) is 3.10. The Balaban J connectivity index is 1.71. The molecule has 5 rings (SSSR count). The van der Waals surface area contributed by atoms with Crippen LogP contribution >= 0.6 is 0 Å². The molecule has 122 valence electrons.